The van der Waals surface area contributed by atoms with Crippen molar-refractivity contribution in [1.82, 2.24) is 4.98 Å². The number of carbonyl (C=O) groups excluding carboxylic acids is 1. The highest BCUT2D eigenvalue weighted by atomic mass is 19.1. The first-order chi connectivity index (χ1) is 13.1. The molecule has 4 nitrogen and oxygen atoms in total. The van der Waals surface area contributed by atoms with Crippen LogP contribution in [0.5, 0.6) is 11.5 Å². The molecule has 0 aliphatic carbocycles. The maximum Gasteiger partial charge on any atom is 0.338 e. The summed E-state index contributed by atoms with van der Waals surface area (Å²) in [6.45, 7) is 0. The lowest BCUT2D eigenvalue weighted by molar-refractivity contribution is 0.0600. The fraction of sp³-hybridized carbons (Fsp3) is 0.0476. The third-order valence-corrected chi connectivity index (χ3v) is 4.67. The number of fused-ring (bicyclic) bond motifs is 4. The number of pyridine rings is 1. The van der Waals surface area contributed by atoms with Crippen molar-refractivity contribution in [1.29, 1.82) is 0 Å². The summed E-state index contributed by atoms with van der Waals surface area (Å²) >= 11 is 0. The van der Waals surface area contributed by atoms with Gasteiger partial charge in [-0.15, -0.1) is 0 Å². The van der Waals surface area contributed by atoms with Gasteiger partial charge in [0.15, 0.2) is 0 Å². The largest absolute Gasteiger partial charge is 0.465 e. The summed E-state index contributed by atoms with van der Waals surface area (Å²) in [6, 6.07) is 12.0. The number of aromatic nitrogens is 1. The molecule has 1 aromatic heterocycles. The number of esters is 1. The molecule has 5 rings (SSSR count). The molecule has 0 radical (unpaired) electrons. The number of nitrogens with zero attached hydrogens (tertiary/aromatic N) is 1. The SMILES string of the molecule is COC(=O)c1cc(F)c2c(c1)nc1c3c(cccc32)Oc2ccc(F)cc2-1. The van der Waals surface area contributed by atoms with Gasteiger partial charge in [-0.25, -0.2) is 18.6 Å². The van der Waals surface area contributed by atoms with Crippen LogP contribution in [0.2, 0.25) is 0 Å². The average Bonchev–Trinajstić information content (AvgIpc) is 2.67. The molecule has 0 amide bonds. The molecule has 1 aliphatic rings. The predicted molar refractivity (Wildman–Crippen MR) is 96.0 cm³/mol. The summed E-state index contributed by atoms with van der Waals surface area (Å²) in [4.78, 5) is 16.4. The van der Waals surface area contributed by atoms with Crippen LogP contribution in [-0.2, 0) is 4.74 Å². The Morgan fingerprint density at radius 2 is 1.89 bits per heavy atom. The molecule has 3 aromatic carbocycles. The molecule has 1 aliphatic heterocycles. The van der Waals surface area contributed by atoms with Gasteiger partial charge in [-0.2, -0.15) is 0 Å². The number of ether oxygens (including phenoxy) is 2. The standard InChI is InChI=1S/C21H11F2NO3/c1-26-21(25)10-7-14(23)18-12-3-2-4-17-19(12)20(24-15(18)8-10)13-9-11(22)5-6-16(13)27-17/h2-9H,1H3. The molecule has 4 aromatic rings. The molecule has 0 bridgehead atoms. The van der Waals surface area contributed by atoms with Crippen LogP contribution in [0.1, 0.15) is 10.4 Å². The third-order valence-electron chi connectivity index (χ3n) is 4.67. The molecule has 27 heavy (non-hydrogen) atoms. The summed E-state index contributed by atoms with van der Waals surface area (Å²) in [7, 11) is 1.23. The van der Waals surface area contributed by atoms with Crippen molar-refractivity contribution in [2.75, 3.05) is 7.11 Å². The predicted octanol–water partition coefficient (Wildman–Crippen LogP) is 5.23. The van der Waals surface area contributed by atoms with Crippen LogP contribution in [0, 0.1) is 11.6 Å². The van der Waals surface area contributed by atoms with Crippen molar-refractivity contribution in [3.05, 3.63) is 65.7 Å². The number of carbonyl (C=O) groups is 1. The van der Waals surface area contributed by atoms with Crippen LogP contribution in [0.3, 0.4) is 0 Å². The van der Waals surface area contributed by atoms with Gasteiger partial charge in [0.1, 0.15) is 23.1 Å². The van der Waals surface area contributed by atoms with Gasteiger partial charge in [-0.05, 0) is 41.8 Å². The highest BCUT2D eigenvalue weighted by Crippen LogP contribution is 2.47. The third kappa shape index (κ3) is 2.19. The van der Waals surface area contributed by atoms with Gasteiger partial charge in [-0.1, -0.05) is 12.1 Å². The second-order valence-corrected chi connectivity index (χ2v) is 6.23. The summed E-state index contributed by atoms with van der Waals surface area (Å²) in [5.41, 5.74) is 1.30. The van der Waals surface area contributed by atoms with E-state index in [1.165, 1.54) is 31.4 Å². The van der Waals surface area contributed by atoms with Gasteiger partial charge in [0, 0.05) is 10.9 Å². The van der Waals surface area contributed by atoms with E-state index in [0.717, 1.165) is 6.07 Å². The van der Waals surface area contributed by atoms with Crippen molar-refractivity contribution in [3.8, 4) is 22.8 Å². The van der Waals surface area contributed by atoms with Gasteiger partial charge in [-0.3, -0.25) is 0 Å². The van der Waals surface area contributed by atoms with E-state index in [2.05, 4.69) is 9.72 Å². The lowest BCUT2D eigenvalue weighted by atomic mass is 9.96. The second-order valence-electron chi connectivity index (χ2n) is 6.23. The Labute approximate surface area is 152 Å². The van der Waals surface area contributed by atoms with Crippen LogP contribution in [0.4, 0.5) is 8.78 Å². The van der Waals surface area contributed by atoms with Gasteiger partial charge >= 0.3 is 5.97 Å². The zero-order valence-electron chi connectivity index (χ0n) is 14.0. The van der Waals surface area contributed by atoms with Crippen molar-refractivity contribution in [3.63, 3.8) is 0 Å². The maximum absolute atomic E-state index is 14.9. The molecule has 0 unspecified atom stereocenters. The Hall–Kier alpha value is -3.54. The maximum atomic E-state index is 14.9. The Kier molecular flexibility index (Phi) is 3.18. The van der Waals surface area contributed by atoms with Gasteiger partial charge in [0.25, 0.3) is 0 Å². The Balaban J connectivity index is 1.95. The number of hydrogen-bond acceptors (Lipinski definition) is 4. The minimum atomic E-state index is -0.658. The molecule has 2 heterocycles. The monoisotopic (exact) mass is 363 g/mol. The first-order valence-corrected chi connectivity index (χ1v) is 8.19. The van der Waals surface area contributed by atoms with E-state index in [0.29, 0.717) is 33.5 Å². The van der Waals surface area contributed by atoms with E-state index < -0.39 is 17.6 Å². The highest BCUT2D eigenvalue weighted by molar-refractivity contribution is 6.15. The minimum absolute atomic E-state index is 0.0595. The van der Waals surface area contributed by atoms with E-state index in [4.69, 9.17) is 4.74 Å². The molecule has 0 saturated carbocycles. The van der Waals surface area contributed by atoms with E-state index >= 15 is 0 Å². The fourth-order valence-corrected chi connectivity index (χ4v) is 3.52. The summed E-state index contributed by atoms with van der Waals surface area (Å²) in [5, 5.41) is 1.45. The number of benzene rings is 3. The van der Waals surface area contributed by atoms with Gasteiger partial charge < -0.3 is 9.47 Å². The van der Waals surface area contributed by atoms with E-state index in [9.17, 15) is 13.6 Å². The normalized spacial score (nSPS) is 12.0. The highest BCUT2D eigenvalue weighted by Gasteiger charge is 2.25. The number of hydrogen-bond donors (Lipinski definition) is 0. The van der Waals surface area contributed by atoms with Gasteiger partial charge in [0.2, 0.25) is 0 Å². The molecule has 0 saturated heterocycles. The lowest BCUT2D eigenvalue weighted by Gasteiger charge is -2.21. The Morgan fingerprint density at radius 3 is 2.70 bits per heavy atom. The molecule has 0 spiro atoms. The molecular weight excluding hydrogens is 352 g/mol. The average molecular weight is 363 g/mol. The summed E-state index contributed by atoms with van der Waals surface area (Å²) in [5.74, 6) is -0.689. The van der Waals surface area contributed by atoms with E-state index in [-0.39, 0.29) is 16.5 Å². The smallest absolute Gasteiger partial charge is 0.338 e. The quantitative estimate of drug-likeness (QED) is 0.302. The number of methoxy groups -OCH3 is 1. The topological polar surface area (TPSA) is 48.4 Å². The van der Waals surface area contributed by atoms with Crippen LogP contribution < -0.4 is 4.74 Å². The summed E-state index contributed by atoms with van der Waals surface area (Å²) in [6.07, 6.45) is 0. The van der Waals surface area contributed by atoms with Gasteiger partial charge in [0.05, 0.1) is 29.3 Å². The van der Waals surface area contributed by atoms with Crippen LogP contribution in [0.15, 0.2) is 48.5 Å². The van der Waals surface area contributed by atoms with Crippen LogP contribution in [-0.4, -0.2) is 18.1 Å². The zero-order chi connectivity index (χ0) is 18.7. The minimum Gasteiger partial charge on any atom is -0.465 e. The lowest BCUT2D eigenvalue weighted by Crippen LogP contribution is -2.04. The van der Waals surface area contributed by atoms with Crippen LogP contribution >= 0.6 is 0 Å². The van der Waals surface area contributed by atoms with Crippen LogP contribution in [0.25, 0.3) is 32.9 Å². The van der Waals surface area contributed by atoms with Crippen molar-refractivity contribution >= 4 is 27.6 Å². The van der Waals surface area contributed by atoms with E-state index in [1.54, 1.807) is 18.2 Å². The van der Waals surface area contributed by atoms with Crippen molar-refractivity contribution in [2.24, 2.45) is 0 Å². The molecule has 132 valence electrons. The molecule has 0 N–H and O–H groups in total. The first-order valence-electron chi connectivity index (χ1n) is 8.19. The number of halogens is 2. The Morgan fingerprint density at radius 1 is 1.04 bits per heavy atom. The fourth-order valence-electron chi connectivity index (χ4n) is 3.52. The Bertz CT molecular complexity index is 1280. The molecule has 0 fully saturated rings. The first kappa shape index (κ1) is 15.7. The zero-order valence-corrected chi connectivity index (χ0v) is 14.0. The number of rotatable bonds is 1. The molecular formula is C21H11F2NO3. The van der Waals surface area contributed by atoms with E-state index in [1.807, 2.05) is 0 Å². The summed E-state index contributed by atoms with van der Waals surface area (Å²) < 4.78 is 39.3. The van der Waals surface area contributed by atoms with Crippen molar-refractivity contribution in [2.45, 2.75) is 0 Å². The molecule has 6 heteroatoms. The van der Waals surface area contributed by atoms with Crippen molar-refractivity contribution < 1.29 is 23.0 Å². The second kappa shape index (κ2) is 5.48. The molecule has 0 atom stereocenters.